The lowest BCUT2D eigenvalue weighted by atomic mass is 9.85. The van der Waals surface area contributed by atoms with Crippen LogP contribution in [0.1, 0.15) is 12.8 Å². The molecule has 1 aromatic rings. The molecule has 1 saturated heterocycles. The first-order chi connectivity index (χ1) is 9.45. The van der Waals surface area contributed by atoms with E-state index in [1.807, 2.05) is 12.1 Å². The molecule has 1 fully saturated rings. The minimum absolute atomic E-state index is 0.290. The number of benzene rings is 1. The number of hydrogen-bond acceptors (Lipinski definition) is 4. The Morgan fingerprint density at radius 2 is 1.85 bits per heavy atom. The fourth-order valence-corrected chi connectivity index (χ4v) is 4.98. The number of alkyl halides is 1. The second kappa shape index (κ2) is 6.81. The summed E-state index contributed by atoms with van der Waals surface area (Å²) in [7, 11) is -3.11. The van der Waals surface area contributed by atoms with Crippen molar-refractivity contribution < 1.29 is 13.2 Å². The van der Waals surface area contributed by atoms with Crippen LogP contribution in [0.15, 0.2) is 34.1 Å². The summed E-state index contributed by atoms with van der Waals surface area (Å²) in [5.74, 6) is 1.03. The van der Waals surface area contributed by atoms with E-state index in [0.717, 1.165) is 42.0 Å². The van der Waals surface area contributed by atoms with Crippen molar-refractivity contribution in [1.29, 1.82) is 0 Å². The van der Waals surface area contributed by atoms with Crippen molar-refractivity contribution in [2.45, 2.75) is 22.6 Å². The second-order valence-corrected chi connectivity index (χ2v) is 8.90. The molecule has 0 bridgehead atoms. The van der Waals surface area contributed by atoms with E-state index >= 15 is 0 Å². The summed E-state index contributed by atoms with van der Waals surface area (Å²) in [6, 6.07) is 7.15. The summed E-state index contributed by atoms with van der Waals surface area (Å²) in [5, 5.41) is 0.984. The van der Waals surface area contributed by atoms with Crippen LogP contribution in [0.25, 0.3) is 0 Å². The van der Waals surface area contributed by atoms with Crippen molar-refractivity contribution in [2.24, 2.45) is 5.41 Å². The first-order valence-electron chi connectivity index (χ1n) is 6.52. The van der Waals surface area contributed by atoms with Gasteiger partial charge in [0.1, 0.15) is 0 Å². The SMILES string of the molecule is CS(=O)(=O)c1ccc(SCC2(CBr)CCOCC2)cc1. The monoisotopic (exact) mass is 378 g/mol. The fraction of sp³-hybridized carbons (Fsp3) is 0.571. The van der Waals surface area contributed by atoms with Gasteiger partial charge in [-0.1, -0.05) is 15.9 Å². The van der Waals surface area contributed by atoms with E-state index in [0.29, 0.717) is 10.3 Å². The lowest BCUT2D eigenvalue weighted by Gasteiger charge is -2.35. The van der Waals surface area contributed by atoms with E-state index in [1.165, 1.54) is 6.26 Å². The molecule has 0 saturated carbocycles. The summed E-state index contributed by atoms with van der Waals surface area (Å²) >= 11 is 5.42. The highest BCUT2D eigenvalue weighted by atomic mass is 79.9. The maximum Gasteiger partial charge on any atom is 0.175 e. The largest absolute Gasteiger partial charge is 0.381 e. The first kappa shape index (κ1) is 16.3. The number of sulfone groups is 1. The van der Waals surface area contributed by atoms with E-state index in [2.05, 4.69) is 15.9 Å². The Morgan fingerprint density at radius 1 is 1.25 bits per heavy atom. The maximum absolute atomic E-state index is 11.4. The Kier molecular flexibility index (Phi) is 5.56. The van der Waals surface area contributed by atoms with Crippen LogP contribution in [-0.4, -0.2) is 39.0 Å². The molecular formula is C14H19BrO3S2. The van der Waals surface area contributed by atoms with Gasteiger partial charge in [-0.05, 0) is 42.5 Å². The lowest BCUT2D eigenvalue weighted by Crippen LogP contribution is -2.33. The van der Waals surface area contributed by atoms with Gasteiger partial charge >= 0.3 is 0 Å². The van der Waals surface area contributed by atoms with Crippen molar-refractivity contribution in [3.05, 3.63) is 24.3 Å². The van der Waals surface area contributed by atoms with E-state index in [-0.39, 0.29) is 0 Å². The fourth-order valence-electron chi connectivity index (χ4n) is 2.14. The Hall–Kier alpha value is -0.0400. The molecule has 3 nitrogen and oxygen atoms in total. The molecule has 0 spiro atoms. The molecule has 20 heavy (non-hydrogen) atoms. The number of rotatable bonds is 5. The standard InChI is InChI=1S/C14H19BrO3S2/c1-20(16,17)13-4-2-12(3-5-13)19-11-14(10-15)6-8-18-9-7-14/h2-5H,6-11H2,1H3. The molecule has 0 radical (unpaired) electrons. The molecule has 1 aliphatic heterocycles. The number of halogens is 1. The van der Waals surface area contributed by atoms with E-state index in [9.17, 15) is 8.42 Å². The summed E-state index contributed by atoms with van der Waals surface area (Å²) < 4.78 is 28.3. The van der Waals surface area contributed by atoms with Gasteiger partial charge in [0.15, 0.2) is 9.84 Å². The molecule has 1 aliphatic rings. The molecule has 0 N–H and O–H groups in total. The van der Waals surface area contributed by atoms with Gasteiger partial charge in [-0.15, -0.1) is 11.8 Å². The van der Waals surface area contributed by atoms with E-state index in [4.69, 9.17) is 4.74 Å². The van der Waals surface area contributed by atoms with Crippen molar-refractivity contribution in [3.63, 3.8) is 0 Å². The van der Waals surface area contributed by atoms with E-state index in [1.54, 1.807) is 23.9 Å². The smallest absolute Gasteiger partial charge is 0.175 e. The topological polar surface area (TPSA) is 43.4 Å². The lowest BCUT2D eigenvalue weighted by molar-refractivity contribution is 0.0374. The van der Waals surface area contributed by atoms with Gasteiger partial charge in [-0.2, -0.15) is 0 Å². The van der Waals surface area contributed by atoms with Gasteiger partial charge in [0.2, 0.25) is 0 Å². The van der Waals surface area contributed by atoms with Crippen LogP contribution in [0.4, 0.5) is 0 Å². The molecule has 1 aromatic carbocycles. The minimum Gasteiger partial charge on any atom is -0.381 e. The zero-order chi connectivity index (χ0) is 14.6. The minimum atomic E-state index is -3.11. The second-order valence-electron chi connectivity index (χ2n) is 5.28. The van der Waals surface area contributed by atoms with Crippen molar-refractivity contribution >= 4 is 37.5 Å². The maximum atomic E-state index is 11.4. The third-order valence-corrected chi connectivity index (χ3v) is 7.31. The highest BCUT2D eigenvalue weighted by Crippen LogP contribution is 2.38. The summed E-state index contributed by atoms with van der Waals surface area (Å²) in [4.78, 5) is 1.49. The van der Waals surface area contributed by atoms with Gasteiger partial charge in [0.25, 0.3) is 0 Å². The van der Waals surface area contributed by atoms with Crippen LogP contribution >= 0.6 is 27.7 Å². The molecule has 0 aliphatic carbocycles. The Labute approximate surface area is 133 Å². The molecular weight excluding hydrogens is 360 g/mol. The molecule has 0 unspecified atom stereocenters. The van der Waals surface area contributed by atoms with Crippen molar-refractivity contribution in [1.82, 2.24) is 0 Å². The van der Waals surface area contributed by atoms with Crippen molar-refractivity contribution in [2.75, 3.05) is 30.6 Å². The van der Waals surface area contributed by atoms with Gasteiger partial charge in [-0.3, -0.25) is 0 Å². The zero-order valence-electron chi connectivity index (χ0n) is 11.5. The van der Waals surface area contributed by atoms with E-state index < -0.39 is 9.84 Å². The molecule has 1 heterocycles. The third kappa shape index (κ3) is 4.23. The van der Waals surface area contributed by atoms with Crippen LogP contribution in [0.3, 0.4) is 0 Å². The first-order valence-corrected chi connectivity index (χ1v) is 10.5. The quantitative estimate of drug-likeness (QED) is 0.581. The average Bonchev–Trinajstić information content (AvgIpc) is 2.46. The van der Waals surface area contributed by atoms with Gasteiger partial charge in [0.05, 0.1) is 4.90 Å². The van der Waals surface area contributed by atoms with Crippen LogP contribution in [0, 0.1) is 5.41 Å². The normalized spacial score (nSPS) is 18.9. The van der Waals surface area contributed by atoms with Crippen molar-refractivity contribution in [3.8, 4) is 0 Å². The molecule has 0 amide bonds. The third-order valence-electron chi connectivity index (χ3n) is 3.63. The Balaban J connectivity index is 2.00. The number of ether oxygens (including phenoxy) is 1. The van der Waals surface area contributed by atoms with Gasteiger partial charge in [0, 0.05) is 35.4 Å². The van der Waals surface area contributed by atoms with Crippen LogP contribution < -0.4 is 0 Å². The predicted molar refractivity (Wildman–Crippen MR) is 86.6 cm³/mol. The van der Waals surface area contributed by atoms with Gasteiger partial charge < -0.3 is 4.74 Å². The Morgan fingerprint density at radius 3 is 2.35 bits per heavy atom. The summed E-state index contributed by atoms with van der Waals surface area (Å²) in [6.45, 7) is 1.67. The molecule has 112 valence electrons. The highest BCUT2D eigenvalue weighted by Gasteiger charge is 2.31. The predicted octanol–water partition coefficient (Wildman–Crippen LogP) is 3.37. The van der Waals surface area contributed by atoms with Crippen LogP contribution in [0.5, 0.6) is 0 Å². The molecule has 0 aromatic heterocycles. The number of thioether (sulfide) groups is 1. The van der Waals surface area contributed by atoms with Gasteiger partial charge in [-0.25, -0.2) is 8.42 Å². The summed E-state index contributed by atoms with van der Waals surface area (Å²) in [5.41, 5.74) is 0.290. The van der Waals surface area contributed by atoms with Crippen LogP contribution in [0.2, 0.25) is 0 Å². The highest BCUT2D eigenvalue weighted by molar-refractivity contribution is 9.09. The molecule has 0 atom stereocenters. The van der Waals surface area contributed by atoms with Crippen LogP contribution in [-0.2, 0) is 14.6 Å². The molecule has 2 rings (SSSR count). The zero-order valence-corrected chi connectivity index (χ0v) is 14.7. The number of hydrogen-bond donors (Lipinski definition) is 0. The Bertz CT molecular complexity index is 534. The average molecular weight is 379 g/mol. The molecule has 6 heteroatoms. The summed E-state index contributed by atoms with van der Waals surface area (Å²) in [6.07, 6.45) is 3.39.